The molecule has 1 saturated carbocycles. The minimum atomic E-state index is -0.210. The molecule has 1 atom stereocenters. The first-order valence-electron chi connectivity index (χ1n) is 10.2. The zero-order chi connectivity index (χ0) is 20.5. The summed E-state index contributed by atoms with van der Waals surface area (Å²) >= 11 is 1.85. The Morgan fingerprint density at radius 3 is 2.50 bits per heavy atom. The molecule has 154 valence electrons. The van der Waals surface area contributed by atoms with Crippen LogP contribution in [0, 0.1) is 12.8 Å². The fourth-order valence-electron chi connectivity index (χ4n) is 4.38. The minimum Gasteiger partial charge on any atom is -0.348 e. The lowest BCUT2D eigenvalue weighted by molar-refractivity contribution is 0.0889. The number of amides is 1. The fourth-order valence-corrected chi connectivity index (χ4v) is 5.39. The Balaban J connectivity index is 1.62. The predicted octanol–water partition coefficient (Wildman–Crippen LogP) is 4.60. The van der Waals surface area contributed by atoms with Crippen molar-refractivity contribution in [2.45, 2.75) is 71.0 Å². The number of thiophene rings is 1. The largest absolute Gasteiger partial charge is 0.348 e. The molecule has 1 N–H and O–H groups in total. The van der Waals surface area contributed by atoms with Crippen molar-refractivity contribution in [2.75, 3.05) is 14.1 Å². The molecule has 3 rings (SSSR count). The molecule has 1 aliphatic rings. The van der Waals surface area contributed by atoms with Gasteiger partial charge in [-0.15, -0.1) is 11.3 Å². The number of nitrogens with one attached hydrogen (secondary N) is 1. The zero-order valence-corrected chi connectivity index (χ0v) is 18.8. The van der Waals surface area contributed by atoms with E-state index in [1.807, 2.05) is 29.0 Å². The van der Waals surface area contributed by atoms with Gasteiger partial charge in [0.1, 0.15) is 5.69 Å². The van der Waals surface area contributed by atoms with Gasteiger partial charge in [0, 0.05) is 17.0 Å². The van der Waals surface area contributed by atoms with Crippen LogP contribution in [-0.4, -0.2) is 40.7 Å². The van der Waals surface area contributed by atoms with E-state index in [-0.39, 0.29) is 17.5 Å². The van der Waals surface area contributed by atoms with Gasteiger partial charge < -0.3 is 10.2 Å². The summed E-state index contributed by atoms with van der Waals surface area (Å²) in [5, 5.41) is 9.97. The smallest absolute Gasteiger partial charge is 0.269 e. The average Bonchev–Trinajstić information content (AvgIpc) is 3.25. The van der Waals surface area contributed by atoms with Gasteiger partial charge in [-0.05, 0) is 90.9 Å². The molecule has 1 aliphatic carbocycles. The molecule has 1 fully saturated rings. The summed E-state index contributed by atoms with van der Waals surface area (Å²) in [6, 6.07) is 7.01. The lowest BCUT2D eigenvalue weighted by Crippen LogP contribution is -2.41. The van der Waals surface area contributed by atoms with Crippen LogP contribution < -0.4 is 5.32 Å². The highest BCUT2D eigenvalue weighted by Crippen LogP contribution is 2.39. The first kappa shape index (κ1) is 21.1. The van der Waals surface area contributed by atoms with Crippen LogP contribution in [0.5, 0.6) is 0 Å². The maximum absolute atomic E-state index is 12.9. The van der Waals surface area contributed by atoms with Crippen LogP contribution in [0.15, 0.2) is 23.6 Å². The highest BCUT2D eigenvalue weighted by Gasteiger charge is 2.32. The highest BCUT2D eigenvalue weighted by atomic mass is 32.1. The molecule has 0 saturated heterocycles. The third kappa shape index (κ3) is 4.66. The monoisotopic (exact) mass is 402 g/mol. The topological polar surface area (TPSA) is 50.2 Å². The van der Waals surface area contributed by atoms with Crippen LogP contribution in [-0.2, 0) is 5.54 Å². The number of hydrogen-bond donors (Lipinski definition) is 1. The van der Waals surface area contributed by atoms with Crippen molar-refractivity contribution in [3.63, 3.8) is 0 Å². The van der Waals surface area contributed by atoms with Gasteiger partial charge in [-0.1, -0.05) is 6.07 Å². The summed E-state index contributed by atoms with van der Waals surface area (Å²) in [5.41, 5.74) is 1.34. The van der Waals surface area contributed by atoms with Gasteiger partial charge in [0.25, 0.3) is 5.91 Å². The SMILES string of the molecule is Cc1cc(C(=O)NC2CCC(C(c3cccs3)N(C)C)CC2)n(C(C)(C)C)n1. The first-order valence-corrected chi connectivity index (χ1v) is 11.1. The molecule has 0 aliphatic heterocycles. The van der Waals surface area contributed by atoms with Crippen LogP contribution in [0.25, 0.3) is 0 Å². The molecule has 28 heavy (non-hydrogen) atoms. The van der Waals surface area contributed by atoms with Crippen LogP contribution in [0.2, 0.25) is 0 Å². The minimum absolute atomic E-state index is 0.00129. The fraction of sp³-hybridized carbons (Fsp3) is 0.636. The van der Waals surface area contributed by atoms with Gasteiger partial charge in [-0.25, -0.2) is 0 Å². The van der Waals surface area contributed by atoms with Gasteiger partial charge >= 0.3 is 0 Å². The van der Waals surface area contributed by atoms with Crippen molar-refractivity contribution in [2.24, 2.45) is 5.92 Å². The summed E-state index contributed by atoms with van der Waals surface area (Å²) < 4.78 is 1.85. The molecule has 0 aromatic carbocycles. The highest BCUT2D eigenvalue weighted by molar-refractivity contribution is 7.10. The summed E-state index contributed by atoms with van der Waals surface area (Å²) in [7, 11) is 4.35. The molecule has 5 nitrogen and oxygen atoms in total. The molecule has 1 unspecified atom stereocenters. The van der Waals surface area contributed by atoms with Crippen molar-refractivity contribution < 1.29 is 4.79 Å². The standard InChI is InChI=1S/C22H34N4OS/c1-15-14-18(26(24-15)22(2,3)4)21(27)23-17-11-9-16(10-12-17)20(25(5)6)19-8-7-13-28-19/h7-8,13-14,16-17,20H,9-12H2,1-6H3,(H,23,27). The third-order valence-corrected chi connectivity index (χ3v) is 6.59. The Labute approximate surface area is 173 Å². The van der Waals surface area contributed by atoms with E-state index in [0.29, 0.717) is 17.7 Å². The van der Waals surface area contributed by atoms with Gasteiger partial charge in [0.15, 0.2) is 0 Å². The van der Waals surface area contributed by atoms with Crippen LogP contribution in [0.4, 0.5) is 0 Å². The normalized spacial score (nSPS) is 21.7. The number of hydrogen-bond acceptors (Lipinski definition) is 4. The van der Waals surface area contributed by atoms with Gasteiger partial charge in [-0.2, -0.15) is 5.10 Å². The van der Waals surface area contributed by atoms with Gasteiger partial charge in [0.05, 0.1) is 11.2 Å². The maximum Gasteiger partial charge on any atom is 0.269 e. The molecular weight excluding hydrogens is 368 g/mol. The molecule has 6 heteroatoms. The van der Waals surface area contributed by atoms with E-state index in [4.69, 9.17) is 0 Å². The molecule has 0 spiro atoms. The Kier molecular flexibility index (Phi) is 6.30. The Morgan fingerprint density at radius 1 is 1.29 bits per heavy atom. The van der Waals surface area contributed by atoms with Crippen LogP contribution in [0.3, 0.4) is 0 Å². The second-order valence-electron chi connectivity index (χ2n) is 9.26. The second-order valence-corrected chi connectivity index (χ2v) is 10.2. The molecule has 2 aromatic rings. The summed E-state index contributed by atoms with van der Waals surface area (Å²) in [5.74, 6) is 0.644. The predicted molar refractivity (Wildman–Crippen MR) is 116 cm³/mol. The molecule has 0 bridgehead atoms. The average molecular weight is 403 g/mol. The van der Waals surface area contributed by atoms with E-state index >= 15 is 0 Å². The number of rotatable bonds is 5. The van der Waals surface area contributed by atoms with Crippen molar-refractivity contribution in [1.82, 2.24) is 20.0 Å². The van der Waals surface area contributed by atoms with E-state index in [1.54, 1.807) is 0 Å². The second kappa shape index (κ2) is 8.37. The maximum atomic E-state index is 12.9. The number of carbonyl (C=O) groups excluding carboxylic acids is 1. The van der Waals surface area contributed by atoms with Crippen LogP contribution in [0.1, 0.15) is 73.6 Å². The Bertz CT molecular complexity index is 780. The van der Waals surface area contributed by atoms with Crippen molar-refractivity contribution in [3.05, 3.63) is 39.8 Å². The molecule has 2 heterocycles. The lowest BCUT2D eigenvalue weighted by Gasteiger charge is -2.37. The van der Waals surface area contributed by atoms with E-state index < -0.39 is 0 Å². The summed E-state index contributed by atoms with van der Waals surface area (Å²) in [4.78, 5) is 16.7. The summed E-state index contributed by atoms with van der Waals surface area (Å²) in [6.45, 7) is 8.17. The van der Waals surface area contributed by atoms with E-state index in [0.717, 1.165) is 31.4 Å². The van der Waals surface area contributed by atoms with E-state index in [9.17, 15) is 4.79 Å². The van der Waals surface area contributed by atoms with Crippen LogP contribution >= 0.6 is 11.3 Å². The number of aromatic nitrogens is 2. The number of carbonyl (C=O) groups is 1. The Morgan fingerprint density at radius 2 is 1.96 bits per heavy atom. The number of aryl methyl sites for hydroxylation is 1. The quantitative estimate of drug-likeness (QED) is 0.795. The molecule has 1 amide bonds. The lowest BCUT2D eigenvalue weighted by atomic mass is 9.80. The van der Waals surface area contributed by atoms with Gasteiger partial charge in [-0.3, -0.25) is 9.48 Å². The van der Waals surface area contributed by atoms with Crippen molar-refractivity contribution >= 4 is 17.2 Å². The molecule has 0 radical (unpaired) electrons. The van der Waals surface area contributed by atoms with Crippen molar-refractivity contribution in [1.29, 1.82) is 0 Å². The zero-order valence-electron chi connectivity index (χ0n) is 18.0. The first-order chi connectivity index (χ1) is 13.2. The Hall–Kier alpha value is -1.66. The molecule has 2 aromatic heterocycles. The number of nitrogens with zero attached hydrogens (tertiary/aromatic N) is 3. The third-order valence-electron chi connectivity index (χ3n) is 5.64. The van der Waals surface area contributed by atoms with E-state index in [1.165, 1.54) is 4.88 Å². The van der Waals surface area contributed by atoms with E-state index in [2.05, 4.69) is 67.7 Å². The summed E-state index contributed by atoms with van der Waals surface area (Å²) in [6.07, 6.45) is 4.36. The molecular formula is C22H34N4OS. The van der Waals surface area contributed by atoms with Crippen molar-refractivity contribution in [3.8, 4) is 0 Å². The van der Waals surface area contributed by atoms with Gasteiger partial charge in [0.2, 0.25) is 0 Å².